The van der Waals surface area contributed by atoms with Crippen LogP contribution in [0, 0.1) is 35.5 Å². The van der Waals surface area contributed by atoms with E-state index in [4.69, 9.17) is 9.84 Å². The van der Waals surface area contributed by atoms with Gasteiger partial charge in [-0.15, -0.1) is 0 Å². The van der Waals surface area contributed by atoms with Crippen molar-refractivity contribution in [3.8, 4) is 35.5 Å². The Morgan fingerprint density at radius 3 is 2.58 bits per heavy atom. The monoisotopic (exact) mass is 160 g/mol. The molecule has 1 rings (SSSR count). The third kappa shape index (κ3) is 2.69. The van der Waals surface area contributed by atoms with Gasteiger partial charge in [-0.2, -0.15) is 0 Å². The maximum absolute atomic E-state index is 8.57. The second kappa shape index (κ2) is 4.47. The lowest BCUT2D eigenvalue weighted by atomic mass is 10.3. The second-order valence-electron chi connectivity index (χ2n) is 2.17. The molecule has 1 N–H and O–H groups in total. The van der Waals surface area contributed by atoms with E-state index in [2.05, 4.69) is 35.5 Å². The Hall–Kier alpha value is -1.40. The quantitative estimate of drug-likeness (QED) is 0.425. The van der Waals surface area contributed by atoms with Gasteiger partial charge in [0.2, 0.25) is 0 Å². The van der Waals surface area contributed by atoms with E-state index < -0.39 is 0 Å². The number of aliphatic hydroxyl groups is 1. The third-order valence-electron chi connectivity index (χ3n) is 1.29. The van der Waals surface area contributed by atoms with E-state index in [1.807, 2.05) is 0 Å². The first-order valence-corrected chi connectivity index (χ1v) is 3.57. The van der Waals surface area contributed by atoms with Crippen LogP contribution < -0.4 is 0 Å². The number of rotatable bonds is 1. The molecule has 0 bridgehead atoms. The van der Waals surface area contributed by atoms with Crippen molar-refractivity contribution in [2.75, 3.05) is 6.61 Å². The maximum Gasteiger partial charge on any atom is 0.148 e. The van der Waals surface area contributed by atoms with Gasteiger partial charge < -0.3 is 9.84 Å². The number of hydrogen-bond donors (Lipinski definition) is 1. The lowest BCUT2D eigenvalue weighted by Gasteiger charge is -1.73. The minimum Gasteiger partial charge on any atom is -0.394 e. The molecule has 0 aromatic heterocycles. The summed E-state index contributed by atoms with van der Waals surface area (Å²) in [5.41, 5.74) is 0. The molecule has 0 aromatic rings. The SMILES string of the molecule is CC#CC#CC#CC1OC1CO. The zero-order valence-corrected chi connectivity index (χ0v) is 6.72. The summed E-state index contributed by atoms with van der Waals surface area (Å²) < 4.78 is 4.95. The van der Waals surface area contributed by atoms with Crippen molar-refractivity contribution >= 4 is 0 Å². The molecule has 0 aromatic carbocycles. The minimum absolute atomic E-state index is 0.0293. The zero-order chi connectivity index (χ0) is 8.81. The first-order valence-electron chi connectivity index (χ1n) is 3.57. The molecular weight excluding hydrogens is 152 g/mol. The summed E-state index contributed by atoms with van der Waals surface area (Å²) in [6.45, 7) is 1.75. The van der Waals surface area contributed by atoms with Gasteiger partial charge in [-0.1, -0.05) is 11.8 Å². The molecule has 2 nitrogen and oxygen atoms in total. The minimum atomic E-state index is -0.126. The highest BCUT2D eigenvalue weighted by atomic mass is 16.6. The molecule has 0 radical (unpaired) electrons. The molecule has 0 saturated carbocycles. The Kier molecular flexibility index (Phi) is 3.24. The van der Waals surface area contributed by atoms with Gasteiger partial charge in [-0.05, 0) is 30.6 Å². The highest BCUT2D eigenvalue weighted by molar-refractivity contribution is 5.36. The highest BCUT2D eigenvalue weighted by Crippen LogP contribution is 2.19. The van der Waals surface area contributed by atoms with Gasteiger partial charge in [0.05, 0.1) is 6.61 Å². The maximum atomic E-state index is 8.57. The summed E-state index contributed by atoms with van der Waals surface area (Å²) in [5.74, 6) is 15.6. The fourth-order valence-corrected chi connectivity index (χ4v) is 0.641. The van der Waals surface area contributed by atoms with Crippen LogP contribution in [0.4, 0.5) is 0 Å². The van der Waals surface area contributed by atoms with Crippen molar-refractivity contribution in [2.45, 2.75) is 19.1 Å². The summed E-state index contributed by atoms with van der Waals surface area (Å²) in [5, 5.41) is 8.57. The Morgan fingerprint density at radius 2 is 2.00 bits per heavy atom. The molecule has 2 unspecified atom stereocenters. The molecule has 1 aliphatic rings. The third-order valence-corrected chi connectivity index (χ3v) is 1.29. The molecule has 60 valence electrons. The lowest BCUT2D eigenvalue weighted by molar-refractivity contribution is 0.243. The Labute approximate surface area is 71.9 Å². The molecular formula is C10H8O2. The first kappa shape index (κ1) is 8.69. The molecule has 1 aliphatic heterocycles. The number of epoxide rings is 1. The van der Waals surface area contributed by atoms with Crippen LogP contribution in [-0.2, 0) is 4.74 Å². The van der Waals surface area contributed by atoms with Gasteiger partial charge in [0, 0.05) is 0 Å². The highest BCUT2D eigenvalue weighted by Gasteiger charge is 2.36. The fraction of sp³-hybridized carbons (Fsp3) is 0.400. The normalized spacial score (nSPS) is 23.5. The average Bonchev–Trinajstić information content (AvgIpc) is 2.83. The summed E-state index contributed by atoms with van der Waals surface area (Å²) in [6.07, 6.45) is -0.226. The molecule has 1 saturated heterocycles. The molecule has 12 heavy (non-hydrogen) atoms. The Morgan fingerprint density at radius 1 is 1.25 bits per heavy atom. The number of hydrogen-bond acceptors (Lipinski definition) is 2. The van der Waals surface area contributed by atoms with E-state index in [1.54, 1.807) is 6.92 Å². The number of ether oxygens (including phenoxy) is 1. The Bertz CT molecular complexity index is 324. The van der Waals surface area contributed by atoms with Gasteiger partial charge >= 0.3 is 0 Å². The van der Waals surface area contributed by atoms with Crippen LogP contribution in [0.1, 0.15) is 6.92 Å². The number of aliphatic hydroxyl groups excluding tert-OH is 1. The summed E-state index contributed by atoms with van der Waals surface area (Å²) >= 11 is 0. The van der Waals surface area contributed by atoms with Crippen molar-refractivity contribution in [1.29, 1.82) is 0 Å². The van der Waals surface area contributed by atoms with Gasteiger partial charge in [-0.25, -0.2) is 0 Å². The van der Waals surface area contributed by atoms with Gasteiger partial charge in [0.25, 0.3) is 0 Å². The van der Waals surface area contributed by atoms with Gasteiger partial charge in [0.1, 0.15) is 12.2 Å². The predicted octanol–water partition coefficient (Wildman–Crippen LogP) is -0.224. The van der Waals surface area contributed by atoms with E-state index >= 15 is 0 Å². The average molecular weight is 160 g/mol. The summed E-state index contributed by atoms with van der Waals surface area (Å²) in [7, 11) is 0. The molecule has 1 fully saturated rings. The van der Waals surface area contributed by atoms with Crippen molar-refractivity contribution in [2.24, 2.45) is 0 Å². The lowest BCUT2D eigenvalue weighted by Crippen LogP contribution is -1.95. The van der Waals surface area contributed by atoms with Gasteiger partial charge in [-0.3, -0.25) is 0 Å². The second-order valence-corrected chi connectivity index (χ2v) is 2.17. The molecule has 1 heterocycles. The van der Waals surface area contributed by atoms with Crippen molar-refractivity contribution < 1.29 is 9.84 Å². The molecule has 2 heteroatoms. The van der Waals surface area contributed by atoms with E-state index in [-0.39, 0.29) is 18.8 Å². The van der Waals surface area contributed by atoms with Crippen LogP contribution in [0.2, 0.25) is 0 Å². The standard InChI is InChI=1S/C10H8O2/c1-2-3-4-5-6-7-9-10(8-11)12-9/h9-11H,8H2,1H3. The molecule has 0 amide bonds. The zero-order valence-electron chi connectivity index (χ0n) is 6.72. The topological polar surface area (TPSA) is 32.8 Å². The van der Waals surface area contributed by atoms with Crippen LogP contribution in [0.25, 0.3) is 0 Å². The van der Waals surface area contributed by atoms with Crippen molar-refractivity contribution in [3.63, 3.8) is 0 Å². The van der Waals surface area contributed by atoms with E-state index in [0.717, 1.165) is 0 Å². The fourth-order valence-electron chi connectivity index (χ4n) is 0.641. The van der Waals surface area contributed by atoms with Crippen molar-refractivity contribution in [3.05, 3.63) is 0 Å². The van der Waals surface area contributed by atoms with Crippen LogP contribution in [0.15, 0.2) is 0 Å². The van der Waals surface area contributed by atoms with Crippen LogP contribution in [0.3, 0.4) is 0 Å². The van der Waals surface area contributed by atoms with E-state index in [0.29, 0.717) is 0 Å². The van der Waals surface area contributed by atoms with Crippen LogP contribution in [-0.4, -0.2) is 23.9 Å². The molecule has 0 aliphatic carbocycles. The van der Waals surface area contributed by atoms with E-state index in [9.17, 15) is 0 Å². The summed E-state index contributed by atoms with van der Waals surface area (Å²) in [6, 6.07) is 0. The largest absolute Gasteiger partial charge is 0.394 e. The van der Waals surface area contributed by atoms with Crippen LogP contribution in [0.5, 0.6) is 0 Å². The van der Waals surface area contributed by atoms with Gasteiger partial charge in [0.15, 0.2) is 0 Å². The predicted molar refractivity (Wildman–Crippen MR) is 44.7 cm³/mol. The first-order chi connectivity index (χ1) is 5.88. The van der Waals surface area contributed by atoms with E-state index in [1.165, 1.54) is 0 Å². The summed E-state index contributed by atoms with van der Waals surface area (Å²) in [4.78, 5) is 0. The van der Waals surface area contributed by atoms with Crippen molar-refractivity contribution in [1.82, 2.24) is 0 Å². The smallest absolute Gasteiger partial charge is 0.148 e. The van der Waals surface area contributed by atoms with Crippen LogP contribution >= 0.6 is 0 Å². The molecule has 0 spiro atoms. The molecule has 2 atom stereocenters. The Balaban J connectivity index is 2.31.